The number of carboxylic acid groups (broad SMARTS) is 1. The van der Waals surface area contributed by atoms with Gasteiger partial charge in [0.05, 0.1) is 10.5 Å². The Hall–Kier alpha value is -2.60. The summed E-state index contributed by atoms with van der Waals surface area (Å²) in [4.78, 5) is 21.2. The Balaban J connectivity index is 2.13. The second-order valence-corrected chi connectivity index (χ2v) is 4.71. The molecule has 0 fully saturated rings. The van der Waals surface area contributed by atoms with Gasteiger partial charge in [0.25, 0.3) is 5.69 Å². The summed E-state index contributed by atoms with van der Waals surface area (Å²) in [5.41, 5.74) is 1.25. The number of hydrogen-bond acceptors (Lipinski definition) is 4. The van der Waals surface area contributed by atoms with Crippen LogP contribution in [0.5, 0.6) is 0 Å². The van der Waals surface area contributed by atoms with Gasteiger partial charge in [0.1, 0.15) is 5.69 Å². The van der Waals surface area contributed by atoms with E-state index in [2.05, 4.69) is 5.32 Å². The fraction of sp³-hybridized carbons (Fsp3) is 0.0714. The fourth-order valence-electron chi connectivity index (χ4n) is 1.77. The highest BCUT2D eigenvalue weighted by Gasteiger charge is 2.13. The Morgan fingerprint density at radius 1 is 1.24 bits per heavy atom. The molecule has 0 aliphatic rings. The minimum atomic E-state index is -0.997. The molecule has 0 spiro atoms. The van der Waals surface area contributed by atoms with Crippen LogP contribution >= 0.6 is 11.6 Å². The number of nitro benzene ring substituents is 1. The lowest BCUT2D eigenvalue weighted by molar-refractivity contribution is -0.383. The first kappa shape index (κ1) is 14.8. The third kappa shape index (κ3) is 3.70. The van der Waals surface area contributed by atoms with Gasteiger partial charge in [0.2, 0.25) is 0 Å². The number of aromatic carboxylic acids is 1. The second-order valence-electron chi connectivity index (χ2n) is 4.27. The first-order valence-electron chi connectivity index (χ1n) is 5.97. The maximum atomic E-state index is 10.9. The van der Waals surface area contributed by atoms with E-state index in [1.165, 1.54) is 24.3 Å². The summed E-state index contributed by atoms with van der Waals surface area (Å²) in [6.07, 6.45) is 0. The summed E-state index contributed by atoms with van der Waals surface area (Å²) in [5.74, 6) is -0.997. The second kappa shape index (κ2) is 6.23. The molecule has 0 radical (unpaired) electrons. The highest BCUT2D eigenvalue weighted by atomic mass is 35.5. The zero-order valence-electron chi connectivity index (χ0n) is 10.7. The topological polar surface area (TPSA) is 92.5 Å². The molecule has 2 rings (SSSR count). The Bertz CT molecular complexity index is 686. The van der Waals surface area contributed by atoms with Crippen molar-refractivity contribution in [3.63, 3.8) is 0 Å². The quantitative estimate of drug-likeness (QED) is 0.651. The molecule has 0 saturated heterocycles. The van der Waals surface area contributed by atoms with Gasteiger partial charge in [0.15, 0.2) is 0 Å². The molecule has 6 nitrogen and oxygen atoms in total. The molecule has 0 unspecified atom stereocenters. The summed E-state index contributed by atoms with van der Waals surface area (Å²) in [6.45, 7) is 0.336. The molecule has 0 aromatic heterocycles. The molecule has 108 valence electrons. The van der Waals surface area contributed by atoms with Gasteiger partial charge in [-0.05, 0) is 29.8 Å². The van der Waals surface area contributed by atoms with E-state index in [0.717, 1.165) is 5.56 Å². The summed E-state index contributed by atoms with van der Waals surface area (Å²) >= 11 is 5.74. The average Bonchev–Trinajstić information content (AvgIpc) is 2.46. The van der Waals surface area contributed by atoms with Crippen LogP contribution < -0.4 is 5.32 Å². The van der Waals surface area contributed by atoms with Gasteiger partial charge in [-0.1, -0.05) is 23.7 Å². The van der Waals surface area contributed by atoms with Gasteiger partial charge >= 0.3 is 5.97 Å². The molecule has 0 bridgehead atoms. The van der Waals surface area contributed by atoms with Crippen molar-refractivity contribution in [1.82, 2.24) is 0 Å². The molecular weight excluding hydrogens is 296 g/mol. The number of halogens is 1. The number of anilines is 1. The van der Waals surface area contributed by atoms with Gasteiger partial charge < -0.3 is 10.4 Å². The molecule has 2 aromatic carbocycles. The highest BCUT2D eigenvalue weighted by Crippen LogP contribution is 2.28. The first-order chi connectivity index (χ1) is 9.97. The fourth-order valence-corrected chi connectivity index (χ4v) is 1.93. The third-order valence-electron chi connectivity index (χ3n) is 2.84. The number of nitrogens with zero attached hydrogens (tertiary/aromatic N) is 1. The van der Waals surface area contributed by atoms with E-state index < -0.39 is 10.9 Å². The maximum absolute atomic E-state index is 10.9. The van der Waals surface area contributed by atoms with Crippen molar-refractivity contribution in [3.8, 4) is 0 Å². The molecular formula is C14H11ClN2O4. The number of carboxylic acids is 1. The monoisotopic (exact) mass is 306 g/mol. The number of hydrogen-bond donors (Lipinski definition) is 2. The Kier molecular flexibility index (Phi) is 4.39. The number of nitro groups is 1. The highest BCUT2D eigenvalue weighted by molar-refractivity contribution is 6.30. The van der Waals surface area contributed by atoms with Crippen molar-refractivity contribution in [1.29, 1.82) is 0 Å². The molecule has 0 saturated carbocycles. The van der Waals surface area contributed by atoms with Crippen LogP contribution in [0.25, 0.3) is 0 Å². The Morgan fingerprint density at radius 2 is 1.90 bits per heavy atom. The van der Waals surface area contributed by atoms with Crippen LogP contribution in [0.2, 0.25) is 5.02 Å². The lowest BCUT2D eigenvalue weighted by Gasteiger charge is -2.07. The minimum Gasteiger partial charge on any atom is -0.478 e. The summed E-state index contributed by atoms with van der Waals surface area (Å²) in [7, 11) is 0. The van der Waals surface area contributed by atoms with Crippen LogP contribution in [-0.4, -0.2) is 16.0 Å². The standard InChI is InChI=1S/C14H11ClN2O4/c15-11-5-6-12(13(7-11)17(20)21)16-8-9-1-3-10(4-2-9)14(18)19/h1-7,16H,8H2,(H,18,19). The summed E-state index contributed by atoms with van der Waals surface area (Å²) in [6, 6.07) is 10.6. The lowest BCUT2D eigenvalue weighted by Crippen LogP contribution is -2.03. The zero-order valence-corrected chi connectivity index (χ0v) is 11.5. The molecule has 2 aromatic rings. The molecule has 0 aliphatic heterocycles. The molecule has 2 N–H and O–H groups in total. The van der Waals surface area contributed by atoms with Gasteiger partial charge in [0, 0.05) is 17.6 Å². The third-order valence-corrected chi connectivity index (χ3v) is 3.08. The van der Waals surface area contributed by atoms with Crippen molar-refractivity contribution >= 4 is 28.9 Å². The SMILES string of the molecule is O=C(O)c1ccc(CNc2ccc(Cl)cc2[N+](=O)[O-])cc1. The molecule has 0 heterocycles. The molecule has 0 amide bonds. The Labute approximate surface area is 125 Å². The van der Waals surface area contributed by atoms with Crippen LogP contribution in [-0.2, 0) is 6.54 Å². The van der Waals surface area contributed by atoms with Crippen LogP contribution in [0.1, 0.15) is 15.9 Å². The van der Waals surface area contributed by atoms with Gasteiger partial charge in [-0.25, -0.2) is 4.79 Å². The molecule has 0 atom stereocenters. The van der Waals surface area contributed by atoms with Crippen molar-refractivity contribution < 1.29 is 14.8 Å². The molecule has 21 heavy (non-hydrogen) atoms. The normalized spacial score (nSPS) is 10.1. The van der Waals surface area contributed by atoms with Crippen molar-refractivity contribution in [3.05, 3.63) is 68.7 Å². The van der Waals surface area contributed by atoms with E-state index in [0.29, 0.717) is 12.2 Å². The molecule has 7 heteroatoms. The van der Waals surface area contributed by atoms with Crippen molar-refractivity contribution in [2.45, 2.75) is 6.54 Å². The van der Waals surface area contributed by atoms with Crippen LogP contribution in [0.15, 0.2) is 42.5 Å². The van der Waals surface area contributed by atoms with E-state index in [1.54, 1.807) is 18.2 Å². The number of rotatable bonds is 5. The number of carbonyl (C=O) groups is 1. The lowest BCUT2D eigenvalue weighted by atomic mass is 10.1. The first-order valence-corrected chi connectivity index (χ1v) is 6.35. The summed E-state index contributed by atoms with van der Waals surface area (Å²) in [5, 5.41) is 23.0. The van der Waals surface area contributed by atoms with Gasteiger partial charge in [-0.15, -0.1) is 0 Å². The van der Waals surface area contributed by atoms with E-state index in [1.807, 2.05) is 0 Å². The minimum absolute atomic E-state index is 0.107. The zero-order chi connectivity index (χ0) is 15.4. The van der Waals surface area contributed by atoms with Gasteiger partial charge in [-0.3, -0.25) is 10.1 Å². The molecule has 0 aliphatic carbocycles. The predicted molar refractivity (Wildman–Crippen MR) is 78.8 cm³/mol. The van der Waals surface area contributed by atoms with Crippen molar-refractivity contribution in [2.75, 3.05) is 5.32 Å². The number of nitrogens with one attached hydrogen (secondary N) is 1. The van der Waals surface area contributed by atoms with Crippen LogP contribution in [0, 0.1) is 10.1 Å². The van der Waals surface area contributed by atoms with E-state index in [-0.39, 0.29) is 16.3 Å². The maximum Gasteiger partial charge on any atom is 0.335 e. The van der Waals surface area contributed by atoms with Crippen LogP contribution in [0.4, 0.5) is 11.4 Å². The average molecular weight is 307 g/mol. The van der Waals surface area contributed by atoms with E-state index >= 15 is 0 Å². The Morgan fingerprint density at radius 3 is 2.48 bits per heavy atom. The van der Waals surface area contributed by atoms with Crippen molar-refractivity contribution in [2.24, 2.45) is 0 Å². The largest absolute Gasteiger partial charge is 0.478 e. The van der Waals surface area contributed by atoms with Crippen LogP contribution in [0.3, 0.4) is 0 Å². The van der Waals surface area contributed by atoms with E-state index in [9.17, 15) is 14.9 Å². The smallest absolute Gasteiger partial charge is 0.335 e. The number of benzene rings is 2. The van der Waals surface area contributed by atoms with E-state index in [4.69, 9.17) is 16.7 Å². The summed E-state index contributed by atoms with van der Waals surface area (Å²) < 4.78 is 0. The predicted octanol–water partition coefficient (Wildman–Crippen LogP) is 3.56. The van der Waals surface area contributed by atoms with Gasteiger partial charge in [-0.2, -0.15) is 0 Å².